The summed E-state index contributed by atoms with van der Waals surface area (Å²) in [6.07, 6.45) is 4.29. The van der Waals surface area contributed by atoms with E-state index in [1.54, 1.807) is 18.5 Å². The van der Waals surface area contributed by atoms with Crippen molar-refractivity contribution in [2.75, 3.05) is 7.05 Å². The van der Waals surface area contributed by atoms with Crippen molar-refractivity contribution in [3.8, 4) is 0 Å². The van der Waals surface area contributed by atoms with Gasteiger partial charge >= 0.3 is 0 Å². The largest absolute Gasteiger partial charge is 0.336 e. The van der Waals surface area contributed by atoms with Crippen LogP contribution in [0.2, 0.25) is 0 Å². The molecule has 0 aliphatic carbocycles. The molecule has 1 aromatic carbocycles. The summed E-state index contributed by atoms with van der Waals surface area (Å²) < 4.78 is 16.2. The maximum Gasteiger partial charge on any atom is 0.123 e. The van der Waals surface area contributed by atoms with Crippen LogP contribution in [0.4, 0.5) is 4.39 Å². The van der Waals surface area contributed by atoms with E-state index in [-0.39, 0.29) is 11.9 Å². The van der Waals surface area contributed by atoms with E-state index in [1.807, 2.05) is 24.9 Å². The number of nitrogens with one attached hydrogen (secondary N) is 1. The zero-order valence-electron chi connectivity index (χ0n) is 10.3. The SMILES string of the molecule is CNC(Cc1cc(F)ccc1Br)c1cncn1C. The molecule has 0 fully saturated rings. The third-order valence-corrected chi connectivity index (χ3v) is 3.76. The fourth-order valence-electron chi connectivity index (χ4n) is 1.98. The van der Waals surface area contributed by atoms with Gasteiger partial charge in [-0.25, -0.2) is 9.37 Å². The first-order chi connectivity index (χ1) is 8.61. The maximum absolute atomic E-state index is 13.3. The second-order valence-corrected chi connectivity index (χ2v) is 5.06. The summed E-state index contributed by atoms with van der Waals surface area (Å²) in [7, 11) is 3.85. The normalized spacial score (nSPS) is 12.7. The summed E-state index contributed by atoms with van der Waals surface area (Å²) >= 11 is 3.45. The molecule has 1 atom stereocenters. The number of aryl methyl sites for hydroxylation is 1. The zero-order chi connectivity index (χ0) is 13.1. The van der Waals surface area contributed by atoms with Crippen molar-refractivity contribution < 1.29 is 4.39 Å². The molecule has 5 heteroatoms. The standard InChI is InChI=1S/C13H15BrFN3/c1-16-12(13-7-17-8-18(13)2)6-9-5-10(15)3-4-11(9)14/h3-5,7-8,12,16H,6H2,1-2H3. The molecule has 1 N–H and O–H groups in total. The van der Waals surface area contributed by atoms with Gasteiger partial charge in [-0.15, -0.1) is 0 Å². The molecule has 18 heavy (non-hydrogen) atoms. The van der Waals surface area contributed by atoms with Gasteiger partial charge in [-0.2, -0.15) is 0 Å². The first kappa shape index (κ1) is 13.2. The second-order valence-electron chi connectivity index (χ2n) is 4.21. The molecule has 0 saturated heterocycles. The van der Waals surface area contributed by atoms with Crippen LogP contribution in [0.1, 0.15) is 17.3 Å². The average Bonchev–Trinajstić information content (AvgIpc) is 2.77. The summed E-state index contributed by atoms with van der Waals surface area (Å²) in [4.78, 5) is 4.11. The number of imidazole rings is 1. The van der Waals surface area contributed by atoms with E-state index in [1.165, 1.54) is 6.07 Å². The molecule has 1 unspecified atom stereocenters. The molecule has 2 aromatic rings. The van der Waals surface area contributed by atoms with Gasteiger partial charge in [-0.1, -0.05) is 15.9 Å². The molecule has 96 valence electrons. The quantitative estimate of drug-likeness (QED) is 0.941. The van der Waals surface area contributed by atoms with Crippen LogP contribution in [0.25, 0.3) is 0 Å². The molecule has 0 spiro atoms. The van der Waals surface area contributed by atoms with E-state index in [0.29, 0.717) is 6.42 Å². The molecular weight excluding hydrogens is 297 g/mol. The summed E-state index contributed by atoms with van der Waals surface area (Å²) in [5.41, 5.74) is 2.02. The number of halogens is 2. The number of likely N-dealkylation sites (N-methyl/N-ethyl adjacent to an activating group) is 1. The Morgan fingerprint density at radius 1 is 1.50 bits per heavy atom. The number of hydrogen-bond donors (Lipinski definition) is 1. The van der Waals surface area contributed by atoms with E-state index in [0.717, 1.165) is 15.7 Å². The molecule has 1 aromatic heterocycles. The topological polar surface area (TPSA) is 29.9 Å². The third-order valence-electron chi connectivity index (χ3n) is 2.99. The molecule has 0 amide bonds. The van der Waals surface area contributed by atoms with Crippen molar-refractivity contribution in [1.82, 2.24) is 14.9 Å². The predicted molar refractivity (Wildman–Crippen MR) is 72.8 cm³/mol. The van der Waals surface area contributed by atoms with Crippen LogP contribution in [-0.2, 0) is 13.5 Å². The third kappa shape index (κ3) is 2.79. The Morgan fingerprint density at radius 2 is 2.28 bits per heavy atom. The molecule has 0 saturated carbocycles. The smallest absolute Gasteiger partial charge is 0.123 e. The van der Waals surface area contributed by atoms with Crippen molar-refractivity contribution in [2.45, 2.75) is 12.5 Å². The molecule has 0 aliphatic rings. The van der Waals surface area contributed by atoms with Crippen LogP contribution in [-0.4, -0.2) is 16.6 Å². The van der Waals surface area contributed by atoms with Crippen molar-refractivity contribution in [1.29, 1.82) is 0 Å². The summed E-state index contributed by atoms with van der Waals surface area (Å²) in [6.45, 7) is 0. The lowest BCUT2D eigenvalue weighted by Crippen LogP contribution is -2.21. The van der Waals surface area contributed by atoms with Crippen LogP contribution >= 0.6 is 15.9 Å². The summed E-state index contributed by atoms with van der Waals surface area (Å²) in [5, 5.41) is 3.24. The Hall–Kier alpha value is -1.20. The van der Waals surface area contributed by atoms with Crippen LogP contribution in [0.15, 0.2) is 35.2 Å². The lowest BCUT2D eigenvalue weighted by atomic mass is 10.0. The molecular formula is C13H15BrFN3. The Kier molecular flexibility index (Phi) is 4.14. The van der Waals surface area contributed by atoms with Crippen LogP contribution in [0, 0.1) is 5.82 Å². The number of aromatic nitrogens is 2. The van der Waals surface area contributed by atoms with Gasteiger partial charge in [0, 0.05) is 17.7 Å². The highest BCUT2D eigenvalue weighted by atomic mass is 79.9. The van der Waals surface area contributed by atoms with Gasteiger partial charge < -0.3 is 9.88 Å². The van der Waals surface area contributed by atoms with Gasteiger partial charge in [0.05, 0.1) is 18.1 Å². The predicted octanol–water partition coefficient (Wildman–Crippen LogP) is 2.82. The van der Waals surface area contributed by atoms with Crippen molar-refractivity contribution >= 4 is 15.9 Å². The van der Waals surface area contributed by atoms with E-state index >= 15 is 0 Å². The Morgan fingerprint density at radius 3 is 2.89 bits per heavy atom. The molecule has 0 aliphatic heterocycles. The average molecular weight is 312 g/mol. The molecule has 0 radical (unpaired) electrons. The first-order valence-electron chi connectivity index (χ1n) is 5.69. The van der Waals surface area contributed by atoms with E-state index in [4.69, 9.17) is 0 Å². The minimum Gasteiger partial charge on any atom is -0.336 e. The van der Waals surface area contributed by atoms with Gasteiger partial charge in [0.25, 0.3) is 0 Å². The van der Waals surface area contributed by atoms with E-state index in [2.05, 4.69) is 26.2 Å². The number of hydrogen-bond acceptors (Lipinski definition) is 2. The van der Waals surface area contributed by atoms with Crippen LogP contribution in [0.5, 0.6) is 0 Å². The summed E-state index contributed by atoms with van der Waals surface area (Å²) in [6, 6.07) is 4.85. The van der Waals surface area contributed by atoms with Gasteiger partial charge in [0.15, 0.2) is 0 Å². The van der Waals surface area contributed by atoms with Gasteiger partial charge in [0.2, 0.25) is 0 Å². The summed E-state index contributed by atoms with van der Waals surface area (Å²) in [5.74, 6) is -0.215. The number of rotatable bonds is 4. The molecule has 0 bridgehead atoms. The highest BCUT2D eigenvalue weighted by molar-refractivity contribution is 9.10. The Bertz CT molecular complexity index is 539. The highest BCUT2D eigenvalue weighted by Crippen LogP contribution is 2.24. The zero-order valence-corrected chi connectivity index (χ0v) is 11.9. The first-order valence-corrected chi connectivity index (χ1v) is 6.48. The van der Waals surface area contributed by atoms with Crippen LogP contribution in [0.3, 0.4) is 0 Å². The molecule has 1 heterocycles. The second kappa shape index (κ2) is 5.63. The fourth-order valence-corrected chi connectivity index (χ4v) is 2.39. The van der Waals surface area contributed by atoms with Gasteiger partial charge in [-0.05, 0) is 37.2 Å². The fraction of sp³-hybridized carbons (Fsp3) is 0.308. The number of benzene rings is 1. The number of nitrogens with zero attached hydrogens (tertiary/aromatic N) is 2. The maximum atomic E-state index is 13.3. The minimum atomic E-state index is -0.215. The minimum absolute atomic E-state index is 0.107. The van der Waals surface area contributed by atoms with Crippen LogP contribution < -0.4 is 5.32 Å². The Balaban J connectivity index is 2.26. The molecule has 3 nitrogen and oxygen atoms in total. The van der Waals surface area contributed by atoms with Gasteiger partial charge in [-0.3, -0.25) is 0 Å². The lowest BCUT2D eigenvalue weighted by Gasteiger charge is -2.17. The van der Waals surface area contributed by atoms with Crippen molar-refractivity contribution in [3.63, 3.8) is 0 Å². The molecule has 2 rings (SSSR count). The monoisotopic (exact) mass is 311 g/mol. The Labute approximate surface area is 114 Å². The van der Waals surface area contributed by atoms with E-state index in [9.17, 15) is 4.39 Å². The lowest BCUT2D eigenvalue weighted by molar-refractivity contribution is 0.550. The van der Waals surface area contributed by atoms with Crippen molar-refractivity contribution in [2.24, 2.45) is 7.05 Å². The van der Waals surface area contributed by atoms with E-state index < -0.39 is 0 Å². The highest BCUT2D eigenvalue weighted by Gasteiger charge is 2.15. The van der Waals surface area contributed by atoms with Crippen molar-refractivity contribution in [3.05, 3.63) is 52.3 Å². The van der Waals surface area contributed by atoms with Gasteiger partial charge in [0.1, 0.15) is 5.82 Å².